The van der Waals surface area contributed by atoms with Gasteiger partial charge in [-0.25, -0.2) is 9.13 Å². The number of ether oxygens (including phenoxy) is 4. The summed E-state index contributed by atoms with van der Waals surface area (Å²) in [7, 11) is -9.96. The SMILES string of the molecule is CC/C=C\C/C=C\C/C=C\C/C=C\CCCCCCCCC(=O)OCC(COP(=O)(O)OCC(O)COP(=O)(O)OCC(COC(=O)CCCC/C=C\C/C=C\C/C=C\C/C=C\CC)OC(=O)CCCCCCCCCCCCCCCCC)OC(=O)CCCCCCC/C=C\CCCC. The third kappa shape index (κ3) is 72.1. The minimum Gasteiger partial charge on any atom is -0.462 e. The molecule has 0 rings (SSSR count). The maximum atomic E-state index is 13.1. The van der Waals surface area contributed by atoms with Crippen LogP contribution in [0.5, 0.6) is 0 Å². The zero-order valence-corrected chi connectivity index (χ0v) is 64.6. The third-order valence-electron chi connectivity index (χ3n) is 16.2. The molecular weight excluding hydrogens is 1310 g/mol. The quantitative estimate of drug-likeness (QED) is 0.0169. The predicted octanol–water partition coefficient (Wildman–Crippen LogP) is 22.6. The van der Waals surface area contributed by atoms with Crippen molar-refractivity contribution in [1.29, 1.82) is 0 Å². The van der Waals surface area contributed by atoms with Crippen LogP contribution in [0.4, 0.5) is 0 Å². The first-order valence-electron chi connectivity index (χ1n) is 39.1. The number of unbranched alkanes of at least 4 members (excludes halogenated alkanes) is 29. The highest BCUT2D eigenvalue weighted by Gasteiger charge is 2.30. The van der Waals surface area contributed by atoms with E-state index in [0.717, 1.165) is 167 Å². The lowest BCUT2D eigenvalue weighted by molar-refractivity contribution is -0.161. The van der Waals surface area contributed by atoms with E-state index in [-0.39, 0.29) is 25.7 Å². The lowest BCUT2D eigenvalue weighted by Crippen LogP contribution is -2.30. The van der Waals surface area contributed by atoms with Crippen LogP contribution in [0.1, 0.15) is 323 Å². The second kappa shape index (κ2) is 73.0. The van der Waals surface area contributed by atoms with Crippen molar-refractivity contribution < 1.29 is 80.2 Å². The maximum Gasteiger partial charge on any atom is 0.472 e. The van der Waals surface area contributed by atoms with E-state index < -0.39 is 97.5 Å². The monoisotopic (exact) mass is 1450 g/mol. The number of aliphatic hydroxyl groups is 1. The van der Waals surface area contributed by atoms with Crippen LogP contribution in [0.3, 0.4) is 0 Å². The van der Waals surface area contributed by atoms with Gasteiger partial charge in [-0.1, -0.05) is 285 Å². The molecule has 0 aromatic rings. The van der Waals surface area contributed by atoms with Crippen molar-refractivity contribution >= 4 is 39.5 Å². The fourth-order valence-electron chi connectivity index (χ4n) is 10.3. The number of phosphoric ester groups is 2. The van der Waals surface area contributed by atoms with Gasteiger partial charge in [-0.3, -0.25) is 37.3 Å². The Bertz CT molecular complexity index is 2320. The highest BCUT2D eigenvalue weighted by atomic mass is 31.2. The van der Waals surface area contributed by atoms with Gasteiger partial charge in [0.2, 0.25) is 0 Å². The normalized spacial score (nSPS) is 14.5. The van der Waals surface area contributed by atoms with Crippen molar-refractivity contribution in [1.82, 2.24) is 0 Å². The van der Waals surface area contributed by atoms with E-state index in [0.29, 0.717) is 25.7 Å². The maximum absolute atomic E-state index is 13.1. The number of esters is 4. The minimum absolute atomic E-state index is 0.0795. The Hall–Kier alpha value is -4.28. The molecular formula is C81H140O17P2. The largest absolute Gasteiger partial charge is 0.472 e. The molecule has 576 valence electrons. The van der Waals surface area contributed by atoms with Gasteiger partial charge in [0.05, 0.1) is 26.4 Å². The molecule has 3 N–H and O–H groups in total. The van der Waals surface area contributed by atoms with Gasteiger partial charge in [0.25, 0.3) is 0 Å². The second-order valence-corrected chi connectivity index (χ2v) is 28.8. The van der Waals surface area contributed by atoms with Crippen molar-refractivity contribution in [2.75, 3.05) is 39.6 Å². The van der Waals surface area contributed by atoms with Crippen LogP contribution < -0.4 is 0 Å². The molecule has 0 aromatic carbocycles. The zero-order chi connectivity index (χ0) is 73.2. The first kappa shape index (κ1) is 95.7. The predicted molar refractivity (Wildman–Crippen MR) is 408 cm³/mol. The summed E-state index contributed by atoms with van der Waals surface area (Å²) in [5.74, 6) is -2.23. The number of aliphatic hydroxyl groups excluding tert-OH is 1. The molecule has 0 bridgehead atoms. The zero-order valence-electron chi connectivity index (χ0n) is 62.8. The lowest BCUT2D eigenvalue weighted by Gasteiger charge is -2.21. The van der Waals surface area contributed by atoms with Crippen molar-refractivity contribution in [3.05, 3.63) is 109 Å². The topological polar surface area (TPSA) is 237 Å². The van der Waals surface area contributed by atoms with Gasteiger partial charge in [-0.2, -0.15) is 0 Å². The number of carbonyl (C=O) groups excluding carboxylic acids is 4. The summed E-state index contributed by atoms with van der Waals surface area (Å²) in [6.07, 6.45) is 77.9. The van der Waals surface area contributed by atoms with E-state index in [1.807, 2.05) is 0 Å². The van der Waals surface area contributed by atoms with Crippen LogP contribution in [-0.4, -0.2) is 96.7 Å². The molecule has 0 fully saturated rings. The number of carbonyl (C=O) groups is 4. The van der Waals surface area contributed by atoms with Gasteiger partial charge in [0, 0.05) is 25.7 Å². The van der Waals surface area contributed by atoms with Crippen LogP contribution in [0.15, 0.2) is 109 Å². The molecule has 5 unspecified atom stereocenters. The van der Waals surface area contributed by atoms with Gasteiger partial charge in [0.1, 0.15) is 19.3 Å². The summed E-state index contributed by atoms with van der Waals surface area (Å²) in [4.78, 5) is 72.9. The smallest absolute Gasteiger partial charge is 0.462 e. The van der Waals surface area contributed by atoms with Gasteiger partial charge in [0.15, 0.2) is 12.2 Å². The van der Waals surface area contributed by atoms with E-state index in [1.54, 1.807) is 0 Å². The van der Waals surface area contributed by atoms with E-state index >= 15 is 0 Å². The molecule has 0 aliphatic carbocycles. The number of allylic oxidation sites excluding steroid dienone is 18. The Morgan fingerprint density at radius 3 is 0.860 bits per heavy atom. The van der Waals surface area contributed by atoms with E-state index in [9.17, 15) is 43.2 Å². The average molecular weight is 1450 g/mol. The Morgan fingerprint density at radius 1 is 0.290 bits per heavy atom. The molecule has 19 heteroatoms. The van der Waals surface area contributed by atoms with Crippen LogP contribution in [0.2, 0.25) is 0 Å². The van der Waals surface area contributed by atoms with Gasteiger partial charge in [-0.05, 0) is 122 Å². The number of rotatable bonds is 73. The molecule has 100 heavy (non-hydrogen) atoms. The first-order chi connectivity index (χ1) is 48.7. The standard InChI is InChI=1S/C81H140O17P2/c1-5-9-13-17-21-25-29-32-35-36-37-38-41-43-47-50-54-58-62-66-79(84)91-71-76(97-80(85)67-63-59-55-51-45-28-24-20-16-12-8-4)73-95-99(87,88)93-69-75(82)70-94-100(89,90)96-74-77(98-81(86)68-64-60-56-52-48-44-40-34-31-27-23-19-15-11-7-3)72-92-78(83)65-61-57-53-49-46-42-39-33-30-26-22-18-14-10-6-2/h9-10,13-14,20-22,24-26,32-33,35,37-39,46,49,75-77,82H,5-8,11-12,15-19,23,27-31,34,36,40-45,47-48,50-74H2,1-4H3,(H,87,88)(H,89,90)/b13-9-,14-10-,24-20-,25-21-,26-22-,35-32-,38-37-,39-33-,49-46-. The highest BCUT2D eigenvalue weighted by molar-refractivity contribution is 7.47. The Kier molecular flexibility index (Phi) is 69.9. The highest BCUT2D eigenvalue weighted by Crippen LogP contribution is 2.45. The summed E-state index contributed by atoms with van der Waals surface area (Å²) in [6, 6.07) is 0. The Balaban J connectivity index is 5.34. The summed E-state index contributed by atoms with van der Waals surface area (Å²) < 4.78 is 68.5. The summed E-state index contributed by atoms with van der Waals surface area (Å²) in [5, 5.41) is 10.6. The summed E-state index contributed by atoms with van der Waals surface area (Å²) >= 11 is 0. The Labute approximate surface area is 607 Å². The molecule has 0 radical (unpaired) electrons. The fraction of sp³-hybridized carbons (Fsp3) is 0.728. The number of phosphoric acid groups is 2. The fourth-order valence-corrected chi connectivity index (χ4v) is 11.9. The molecule has 0 aromatic heterocycles. The molecule has 0 spiro atoms. The molecule has 0 saturated carbocycles. The van der Waals surface area contributed by atoms with Gasteiger partial charge in [-0.15, -0.1) is 0 Å². The minimum atomic E-state index is -4.98. The second-order valence-electron chi connectivity index (χ2n) is 25.9. The van der Waals surface area contributed by atoms with E-state index in [4.69, 9.17) is 37.0 Å². The van der Waals surface area contributed by atoms with Crippen molar-refractivity contribution in [2.24, 2.45) is 0 Å². The molecule has 0 aliphatic rings. The molecule has 0 aliphatic heterocycles. The summed E-state index contributed by atoms with van der Waals surface area (Å²) in [6.45, 7) is 4.56. The number of hydrogen-bond donors (Lipinski definition) is 3. The van der Waals surface area contributed by atoms with Crippen LogP contribution in [-0.2, 0) is 65.4 Å². The van der Waals surface area contributed by atoms with Gasteiger partial charge >= 0.3 is 39.5 Å². The van der Waals surface area contributed by atoms with Crippen LogP contribution in [0, 0.1) is 0 Å². The van der Waals surface area contributed by atoms with Crippen molar-refractivity contribution in [3.63, 3.8) is 0 Å². The molecule has 0 heterocycles. The average Bonchev–Trinajstić information content (AvgIpc) is 0.953. The van der Waals surface area contributed by atoms with Gasteiger partial charge < -0.3 is 33.8 Å². The lowest BCUT2D eigenvalue weighted by atomic mass is 10.0. The Morgan fingerprint density at radius 2 is 0.530 bits per heavy atom. The third-order valence-corrected chi connectivity index (χ3v) is 18.1. The number of hydrogen-bond acceptors (Lipinski definition) is 15. The van der Waals surface area contributed by atoms with Crippen LogP contribution >= 0.6 is 15.6 Å². The van der Waals surface area contributed by atoms with E-state index in [1.165, 1.54) is 77.0 Å². The van der Waals surface area contributed by atoms with Crippen molar-refractivity contribution in [3.8, 4) is 0 Å². The van der Waals surface area contributed by atoms with Crippen molar-refractivity contribution in [2.45, 2.75) is 341 Å². The molecule has 5 atom stereocenters. The molecule has 0 amide bonds. The van der Waals surface area contributed by atoms with Crippen LogP contribution in [0.25, 0.3) is 0 Å². The molecule has 17 nitrogen and oxygen atoms in total. The summed E-state index contributed by atoms with van der Waals surface area (Å²) in [5.41, 5.74) is 0. The first-order valence-corrected chi connectivity index (χ1v) is 42.1. The molecule has 0 saturated heterocycles. The van der Waals surface area contributed by atoms with E-state index in [2.05, 4.69) is 137 Å².